The lowest BCUT2D eigenvalue weighted by atomic mass is 10.0. The van der Waals surface area contributed by atoms with Gasteiger partial charge >= 0.3 is 6.18 Å². The summed E-state index contributed by atoms with van der Waals surface area (Å²) in [5.74, 6) is 1.45. The van der Waals surface area contributed by atoms with Crippen LogP contribution in [0.25, 0.3) is 0 Å². The normalized spacial score (nSPS) is 25.2. The van der Waals surface area contributed by atoms with Gasteiger partial charge in [0.15, 0.2) is 0 Å². The van der Waals surface area contributed by atoms with Crippen molar-refractivity contribution in [1.82, 2.24) is 10.2 Å². The molecular weight excluding hydrogens is 275 g/mol. The number of rotatable bonds is 3. The van der Waals surface area contributed by atoms with Crippen LogP contribution in [0.5, 0.6) is 0 Å². The van der Waals surface area contributed by atoms with Crippen molar-refractivity contribution in [3.05, 3.63) is 5.01 Å². The first-order chi connectivity index (χ1) is 7.89. The summed E-state index contributed by atoms with van der Waals surface area (Å²) in [7, 11) is 0. The molecule has 0 aliphatic carbocycles. The van der Waals surface area contributed by atoms with Crippen LogP contribution in [0.15, 0.2) is 0 Å². The molecular formula is C8H10F3N3OS2. The Bertz CT molecular complexity index is 390. The van der Waals surface area contributed by atoms with Crippen molar-refractivity contribution in [2.24, 2.45) is 0 Å². The molecule has 2 heterocycles. The molecule has 9 heteroatoms. The molecule has 0 amide bonds. The minimum absolute atomic E-state index is 0.0858. The van der Waals surface area contributed by atoms with Crippen LogP contribution in [-0.2, 0) is 6.18 Å². The Hall–Kier alpha value is -0.540. The Morgan fingerprint density at radius 3 is 2.71 bits per heavy atom. The highest BCUT2D eigenvalue weighted by atomic mass is 32.2. The van der Waals surface area contributed by atoms with Crippen molar-refractivity contribution in [2.45, 2.75) is 18.2 Å². The molecule has 1 aromatic heterocycles. The van der Waals surface area contributed by atoms with Gasteiger partial charge in [0.25, 0.3) is 0 Å². The molecule has 2 N–H and O–H groups in total. The van der Waals surface area contributed by atoms with Crippen LogP contribution in [0.2, 0.25) is 0 Å². The number of thioether (sulfide) groups is 1. The SMILES string of the molecule is OC1(CNc2nnc(C(F)(F)F)s2)CCSC1. The van der Waals surface area contributed by atoms with Crippen molar-refractivity contribution in [2.75, 3.05) is 23.4 Å². The first kappa shape index (κ1) is 12.9. The molecule has 17 heavy (non-hydrogen) atoms. The van der Waals surface area contributed by atoms with E-state index < -0.39 is 16.8 Å². The van der Waals surface area contributed by atoms with E-state index in [9.17, 15) is 18.3 Å². The van der Waals surface area contributed by atoms with Crippen LogP contribution in [0, 0.1) is 0 Å². The van der Waals surface area contributed by atoms with Gasteiger partial charge in [0, 0.05) is 12.3 Å². The lowest BCUT2D eigenvalue weighted by Crippen LogP contribution is -2.36. The van der Waals surface area contributed by atoms with Crippen LogP contribution < -0.4 is 5.32 Å². The molecule has 1 unspecified atom stereocenters. The Balaban J connectivity index is 1.93. The Morgan fingerprint density at radius 1 is 1.41 bits per heavy atom. The molecule has 0 radical (unpaired) electrons. The van der Waals surface area contributed by atoms with Gasteiger partial charge in [-0.15, -0.1) is 10.2 Å². The number of aromatic nitrogens is 2. The van der Waals surface area contributed by atoms with E-state index in [1.807, 2.05) is 0 Å². The monoisotopic (exact) mass is 285 g/mol. The van der Waals surface area contributed by atoms with E-state index in [1.54, 1.807) is 11.8 Å². The van der Waals surface area contributed by atoms with Gasteiger partial charge in [-0.05, 0) is 12.2 Å². The fourth-order valence-corrected chi connectivity index (χ4v) is 3.29. The minimum atomic E-state index is -4.46. The van der Waals surface area contributed by atoms with Crippen molar-refractivity contribution in [3.63, 3.8) is 0 Å². The molecule has 2 rings (SSSR count). The zero-order chi connectivity index (χ0) is 12.5. The van der Waals surface area contributed by atoms with Crippen LogP contribution >= 0.6 is 23.1 Å². The predicted molar refractivity (Wildman–Crippen MR) is 60.3 cm³/mol. The number of anilines is 1. The number of halogens is 3. The molecule has 1 aromatic rings. The third-order valence-corrected chi connectivity index (χ3v) is 4.48. The van der Waals surface area contributed by atoms with E-state index in [0.717, 1.165) is 5.75 Å². The Morgan fingerprint density at radius 2 is 2.18 bits per heavy atom. The van der Waals surface area contributed by atoms with Crippen LogP contribution in [0.3, 0.4) is 0 Å². The second-order valence-corrected chi connectivity index (χ2v) is 5.87. The smallest absolute Gasteiger partial charge is 0.387 e. The van der Waals surface area contributed by atoms with Crippen LogP contribution in [0.1, 0.15) is 11.4 Å². The molecule has 1 saturated heterocycles. The van der Waals surface area contributed by atoms with Crippen LogP contribution in [-0.4, -0.2) is 39.0 Å². The summed E-state index contributed by atoms with van der Waals surface area (Å²) in [4.78, 5) is 0. The van der Waals surface area contributed by atoms with Gasteiger partial charge in [-0.2, -0.15) is 24.9 Å². The molecule has 0 saturated carbocycles. The second-order valence-electron chi connectivity index (χ2n) is 3.79. The van der Waals surface area contributed by atoms with E-state index in [2.05, 4.69) is 15.5 Å². The second kappa shape index (κ2) is 4.62. The highest BCUT2D eigenvalue weighted by molar-refractivity contribution is 7.99. The van der Waals surface area contributed by atoms with Gasteiger partial charge in [0.2, 0.25) is 10.1 Å². The van der Waals surface area contributed by atoms with Gasteiger partial charge in [-0.3, -0.25) is 0 Å². The van der Waals surface area contributed by atoms with Crippen molar-refractivity contribution >= 4 is 28.2 Å². The molecule has 1 aliphatic rings. The van der Waals surface area contributed by atoms with Gasteiger partial charge < -0.3 is 10.4 Å². The van der Waals surface area contributed by atoms with E-state index >= 15 is 0 Å². The van der Waals surface area contributed by atoms with Gasteiger partial charge in [-0.25, -0.2) is 0 Å². The lowest BCUT2D eigenvalue weighted by Gasteiger charge is -2.20. The third kappa shape index (κ3) is 3.23. The number of hydrogen-bond donors (Lipinski definition) is 2. The molecule has 4 nitrogen and oxygen atoms in total. The van der Waals surface area contributed by atoms with E-state index in [4.69, 9.17) is 0 Å². The molecule has 0 aromatic carbocycles. The van der Waals surface area contributed by atoms with E-state index in [-0.39, 0.29) is 11.7 Å². The molecule has 1 atom stereocenters. The maximum atomic E-state index is 12.2. The predicted octanol–water partition coefficient (Wildman–Crippen LogP) is 1.84. The fourth-order valence-electron chi connectivity index (χ4n) is 1.39. The first-order valence-electron chi connectivity index (χ1n) is 4.84. The summed E-state index contributed by atoms with van der Waals surface area (Å²) in [5, 5.41) is 18.2. The maximum Gasteiger partial charge on any atom is 0.445 e. The molecule has 1 fully saturated rings. The molecule has 0 spiro atoms. The standard InChI is InChI=1S/C8H10F3N3OS2/c9-8(10,11)5-13-14-6(17-5)12-3-7(15)1-2-16-4-7/h15H,1-4H2,(H,12,14). The number of nitrogens with zero attached hydrogens (tertiary/aromatic N) is 2. The summed E-state index contributed by atoms with van der Waals surface area (Å²) in [6.45, 7) is 0.201. The quantitative estimate of drug-likeness (QED) is 0.887. The maximum absolute atomic E-state index is 12.2. The largest absolute Gasteiger partial charge is 0.445 e. The number of alkyl halides is 3. The number of hydrogen-bond acceptors (Lipinski definition) is 6. The van der Waals surface area contributed by atoms with Gasteiger partial charge in [0.1, 0.15) is 0 Å². The Labute approximate surface area is 104 Å². The van der Waals surface area contributed by atoms with Crippen molar-refractivity contribution < 1.29 is 18.3 Å². The van der Waals surface area contributed by atoms with Gasteiger partial charge in [0.05, 0.1) is 5.60 Å². The lowest BCUT2D eigenvalue weighted by molar-refractivity contribution is -0.138. The van der Waals surface area contributed by atoms with Crippen LogP contribution in [0.4, 0.5) is 18.3 Å². The highest BCUT2D eigenvalue weighted by Gasteiger charge is 2.36. The zero-order valence-corrected chi connectivity index (χ0v) is 10.3. The Kier molecular flexibility index (Phi) is 3.50. The fraction of sp³-hybridized carbons (Fsp3) is 0.750. The summed E-state index contributed by atoms with van der Waals surface area (Å²) in [6.07, 6.45) is -3.83. The van der Waals surface area contributed by atoms with E-state index in [0.29, 0.717) is 23.5 Å². The summed E-state index contributed by atoms with van der Waals surface area (Å²) in [6, 6.07) is 0. The van der Waals surface area contributed by atoms with Gasteiger partial charge in [-0.1, -0.05) is 11.3 Å². The van der Waals surface area contributed by atoms with Crippen molar-refractivity contribution in [3.8, 4) is 0 Å². The first-order valence-corrected chi connectivity index (χ1v) is 6.81. The molecule has 96 valence electrons. The zero-order valence-electron chi connectivity index (χ0n) is 8.62. The highest BCUT2D eigenvalue weighted by Crippen LogP contribution is 2.33. The number of nitrogens with one attached hydrogen (secondary N) is 1. The minimum Gasteiger partial charge on any atom is -0.387 e. The summed E-state index contributed by atoms with van der Waals surface area (Å²) < 4.78 is 36.7. The topological polar surface area (TPSA) is 58.0 Å². The number of aliphatic hydroxyl groups is 1. The molecule has 1 aliphatic heterocycles. The van der Waals surface area contributed by atoms with Crippen molar-refractivity contribution in [1.29, 1.82) is 0 Å². The average molecular weight is 285 g/mol. The summed E-state index contributed by atoms with van der Waals surface area (Å²) >= 11 is 2.07. The summed E-state index contributed by atoms with van der Waals surface area (Å²) in [5.41, 5.74) is -0.852. The molecule has 0 bridgehead atoms. The van der Waals surface area contributed by atoms with E-state index in [1.165, 1.54) is 0 Å². The third-order valence-electron chi connectivity index (χ3n) is 2.32. The average Bonchev–Trinajstić information content (AvgIpc) is 2.83.